The third kappa shape index (κ3) is 7.07. The van der Waals surface area contributed by atoms with E-state index in [0.29, 0.717) is 18.8 Å². The third-order valence-electron chi connectivity index (χ3n) is 4.90. The van der Waals surface area contributed by atoms with E-state index in [4.69, 9.17) is 9.47 Å². The maximum absolute atomic E-state index is 11.6. The van der Waals surface area contributed by atoms with Gasteiger partial charge in [0.05, 0.1) is 25.3 Å². The van der Waals surface area contributed by atoms with Crippen LogP contribution in [0.2, 0.25) is 0 Å². The van der Waals surface area contributed by atoms with Gasteiger partial charge >= 0.3 is 5.97 Å². The van der Waals surface area contributed by atoms with Gasteiger partial charge in [0.15, 0.2) is 0 Å². The van der Waals surface area contributed by atoms with E-state index in [1.165, 1.54) is 12.0 Å². The quantitative estimate of drug-likeness (QED) is 0.250. The molecule has 0 aliphatic heterocycles. The van der Waals surface area contributed by atoms with Crippen molar-refractivity contribution in [3.8, 4) is 5.75 Å². The molecule has 3 rings (SSSR count). The van der Waals surface area contributed by atoms with Crippen LogP contribution in [0.25, 0.3) is 0 Å². The van der Waals surface area contributed by atoms with E-state index < -0.39 is 0 Å². The van der Waals surface area contributed by atoms with Gasteiger partial charge in [0.25, 0.3) is 0 Å². The summed E-state index contributed by atoms with van der Waals surface area (Å²) in [5.41, 5.74) is 1.87. The number of carbonyl (C=O) groups is 1. The number of imidazole rings is 1. The summed E-state index contributed by atoms with van der Waals surface area (Å²) >= 11 is 0. The lowest BCUT2D eigenvalue weighted by atomic mass is 10.2. The Labute approximate surface area is 178 Å². The van der Waals surface area contributed by atoms with E-state index in [1.807, 2.05) is 18.2 Å². The fourth-order valence-electron chi connectivity index (χ4n) is 3.30. The summed E-state index contributed by atoms with van der Waals surface area (Å²) in [7, 11) is 0. The minimum atomic E-state index is -0.294. The highest BCUT2D eigenvalue weighted by Crippen LogP contribution is 2.14. The van der Waals surface area contributed by atoms with E-state index in [-0.39, 0.29) is 5.97 Å². The highest BCUT2D eigenvalue weighted by molar-refractivity contribution is 5.89. The number of carbonyl (C=O) groups excluding carboxylic acids is 1. The minimum absolute atomic E-state index is 0.294. The van der Waals surface area contributed by atoms with Crippen LogP contribution < -0.4 is 9.30 Å². The van der Waals surface area contributed by atoms with Crippen LogP contribution in [0.5, 0.6) is 5.75 Å². The largest absolute Gasteiger partial charge is 0.494 e. The molecule has 1 aromatic heterocycles. The van der Waals surface area contributed by atoms with Gasteiger partial charge in [0.1, 0.15) is 24.7 Å². The molecule has 0 aliphatic carbocycles. The molecule has 0 bridgehead atoms. The summed E-state index contributed by atoms with van der Waals surface area (Å²) in [6.07, 6.45) is 11.0. The Hall–Kier alpha value is -3.08. The number of rotatable bonds is 12. The Kier molecular flexibility index (Phi) is 8.51. The van der Waals surface area contributed by atoms with Gasteiger partial charge in [-0.15, -0.1) is 0 Å². The first kappa shape index (κ1) is 21.6. The van der Waals surface area contributed by atoms with Gasteiger partial charge < -0.3 is 9.47 Å². The van der Waals surface area contributed by atoms with Crippen LogP contribution >= 0.6 is 0 Å². The number of aryl methyl sites for hydroxylation is 1. The zero-order valence-electron chi connectivity index (χ0n) is 17.7. The van der Waals surface area contributed by atoms with Crippen LogP contribution in [0.15, 0.2) is 73.3 Å². The van der Waals surface area contributed by atoms with E-state index in [2.05, 4.69) is 52.1 Å². The zero-order valence-corrected chi connectivity index (χ0v) is 17.7. The molecule has 0 fully saturated rings. The van der Waals surface area contributed by atoms with Gasteiger partial charge in [-0.1, -0.05) is 30.3 Å². The van der Waals surface area contributed by atoms with Crippen LogP contribution in [0.1, 0.15) is 48.5 Å². The molecule has 5 nitrogen and oxygen atoms in total. The number of nitrogens with zero attached hydrogens (tertiary/aromatic N) is 2. The van der Waals surface area contributed by atoms with E-state index in [1.54, 1.807) is 19.1 Å². The smallest absolute Gasteiger partial charge is 0.338 e. The number of unbranched alkanes of at least 4 members (excludes halogenated alkanes) is 3. The van der Waals surface area contributed by atoms with Crippen molar-refractivity contribution in [2.75, 3.05) is 13.2 Å². The van der Waals surface area contributed by atoms with Crippen molar-refractivity contribution in [2.45, 2.75) is 45.7 Å². The SMILES string of the molecule is CCOC(=O)c1ccc(OCCCCCCn2cc[n+](Cc3ccccc3)c2)cc1. The molecule has 5 heteroatoms. The van der Waals surface area contributed by atoms with Gasteiger partial charge in [-0.05, 0) is 62.4 Å². The fraction of sp³-hybridized carbons (Fsp3) is 0.360. The summed E-state index contributed by atoms with van der Waals surface area (Å²) in [6, 6.07) is 17.6. The van der Waals surface area contributed by atoms with Crippen molar-refractivity contribution in [2.24, 2.45) is 0 Å². The van der Waals surface area contributed by atoms with Gasteiger partial charge in [-0.2, -0.15) is 0 Å². The molecule has 1 heterocycles. The number of ether oxygens (including phenoxy) is 2. The second kappa shape index (κ2) is 11.8. The Bertz CT molecular complexity index is 888. The maximum Gasteiger partial charge on any atom is 0.338 e. The molecule has 0 saturated heterocycles. The Morgan fingerprint density at radius 3 is 2.50 bits per heavy atom. The molecule has 0 atom stereocenters. The van der Waals surface area contributed by atoms with Crippen LogP contribution in [0, 0.1) is 0 Å². The van der Waals surface area contributed by atoms with Crippen LogP contribution in [0.4, 0.5) is 0 Å². The van der Waals surface area contributed by atoms with E-state index in [9.17, 15) is 4.79 Å². The van der Waals surface area contributed by atoms with Crippen molar-refractivity contribution >= 4 is 5.97 Å². The Morgan fingerprint density at radius 1 is 0.967 bits per heavy atom. The van der Waals surface area contributed by atoms with Crippen LogP contribution in [-0.4, -0.2) is 23.8 Å². The van der Waals surface area contributed by atoms with Crippen LogP contribution in [-0.2, 0) is 17.8 Å². The summed E-state index contributed by atoms with van der Waals surface area (Å²) in [5, 5.41) is 0. The fourth-order valence-corrected chi connectivity index (χ4v) is 3.30. The van der Waals surface area contributed by atoms with Crippen LogP contribution in [0.3, 0.4) is 0 Å². The first-order valence-electron chi connectivity index (χ1n) is 10.7. The monoisotopic (exact) mass is 407 g/mol. The summed E-state index contributed by atoms with van der Waals surface area (Å²) in [6.45, 7) is 4.83. The van der Waals surface area contributed by atoms with Gasteiger partial charge in [0, 0.05) is 0 Å². The lowest BCUT2D eigenvalue weighted by Gasteiger charge is -2.07. The second-order valence-corrected chi connectivity index (χ2v) is 7.32. The summed E-state index contributed by atoms with van der Waals surface area (Å²) < 4.78 is 15.2. The van der Waals surface area contributed by atoms with Crippen molar-refractivity contribution in [1.29, 1.82) is 0 Å². The number of aromatic nitrogens is 2. The molecule has 0 radical (unpaired) electrons. The molecule has 158 valence electrons. The molecule has 30 heavy (non-hydrogen) atoms. The van der Waals surface area contributed by atoms with Crippen molar-refractivity contribution in [1.82, 2.24) is 4.57 Å². The minimum Gasteiger partial charge on any atom is -0.494 e. The molecule has 3 aromatic rings. The molecule has 0 amide bonds. The van der Waals surface area contributed by atoms with Gasteiger partial charge in [0.2, 0.25) is 6.33 Å². The lowest BCUT2D eigenvalue weighted by Crippen LogP contribution is -2.31. The van der Waals surface area contributed by atoms with Gasteiger partial charge in [-0.3, -0.25) is 0 Å². The first-order valence-corrected chi connectivity index (χ1v) is 10.7. The molecule has 0 saturated carbocycles. The number of hydrogen-bond donors (Lipinski definition) is 0. The van der Waals surface area contributed by atoms with Crippen molar-refractivity contribution < 1.29 is 18.8 Å². The van der Waals surface area contributed by atoms with Crippen molar-refractivity contribution in [3.05, 3.63) is 84.4 Å². The highest BCUT2D eigenvalue weighted by atomic mass is 16.5. The Morgan fingerprint density at radius 2 is 1.73 bits per heavy atom. The Balaban J connectivity index is 1.27. The summed E-state index contributed by atoms with van der Waals surface area (Å²) in [4.78, 5) is 11.6. The zero-order chi connectivity index (χ0) is 21.0. The molecular weight excluding hydrogens is 376 g/mol. The lowest BCUT2D eigenvalue weighted by molar-refractivity contribution is -0.687. The molecular formula is C25H31N2O3+. The number of hydrogen-bond acceptors (Lipinski definition) is 3. The van der Waals surface area contributed by atoms with Gasteiger partial charge in [-0.25, -0.2) is 13.9 Å². The van der Waals surface area contributed by atoms with Crippen molar-refractivity contribution in [3.63, 3.8) is 0 Å². The molecule has 0 N–H and O–H groups in total. The molecule has 0 unspecified atom stereocenters. The number of benzene rings is 2. The first-order chi connectivity index (χ1) is 14.7. The standard InChI is InChI=1S/C25H31N2O3/c1-2-29-25(28)23-12-14-24(15-13-23)30-19-9-4-3-8-16-26-17-18-27(21-26)20-22-10-6-5-7-11-22/h5-7,10-15,17-18,21H,2-4,8-9,16,19-20H2,1H3/q+1. The van der Waals surface area contributed by atoms with E-state index in [0.717, 1.165) is 38.1 Å². The van der Waals surface area contributed by atoms with E-state index >= 15 is 0 Å². The third-order valence-corrected chi connectivity index (χ3v) is 4.90. The summed E-state index contributed by atoms with van der Waals surface area (Å²) in [5.74, 6) is 0.496. The molecule has 2 aromatic carbocycles. The normalized spacial score (nSPS) is 10.7. The molecule has 0 aliphatic rings. The predicted molar refractivity (Wildman–Crippen MR) is 117 cm³/mol. The average molecular weight is 408 g/mol. The maximum atomic E-state index is 11.6. The average Bonchev–Trinajstić information content (AvgIpc) is 3.21. The number of esters is 1. The topological polar surface area (TPSA) is 44.3 Å². The second-order valence-electron chi connectivity index (χ2n) is 7.32. The molecule has 0 spiro atoms. The predicted octanol–water partition coefficient (Wildman–Crippen LogP) is 4.64. The highest BCUT2D eigenvalue weighted by Gasteiger charge is 2.06.